The molecular weight excluding hydrogens is 276 g/mol. The van der Waals surface area contributed by atoms with Gasteiger partial charge in [-0.3, -0.25) is 4.79 Å². The minimum atomic E-state index is 0.0718. The van der Waals surface area contributed by atoms with Gasteiger partial charge in [0.05, 0.1) is 13.0 Å². The smallest absolute Gasteiger partial charge is 0.223 e. The summed E-state index contributed by atoms with van der Waals surface area (Å²) in [5.41, 5.74) is 3.56. The number of rotatable bonds is 5. The van der Waals surface area contributed by atoms with Crippen LogP contribution in [0.5, 0.6) is 5.75 Å². The van der Waals surface area contributed by atoms with Crippen molar-refractivity contribution in [2.75, 3.05) is 19.7 Å². The van der Waals surface area contributed by atoms with E-state index in [1.54, 1.807) is 0 Å². The number of aryl methyl sites for hydroxylation is 2. The van der Waals surface area contributed by atoms with Crippen LogP contribution in [0.3, 0.4) is 0 Å². The van der Waals surface area contributed by atoms with Crippen molar-refractivity contribution < 1.29 is 9.53 Å². The molecule has 4 heteroatoms. The summed E-state index contributed by atoms with van der Waals surface area (Å²) in [6, 6.07) is 4.42. The molecule has 22 heavy (non-hydrogen) atoms. The Kier molecular flexibility index (Phi) is 5.83. The second-order valence-corrected chi connectivity index (χ2v) is 6.45. The van der Waals surface area contributed by atoms with E-state index in [9.17, 15) is 4.79 Å². The zero-order valence-corrected chi connectivity index (χ0v) is 14.2. The first-order valence-electron chi connectivity index (χ1n) is 8.18. The molecular formula is C18H28N2O2. The molecule has 1 aromatic rings. The lowest BCUT2D eigenvalue weighted by Gasteiger charge is -2.30. The molecule has 2 unspecified atom stereocenters. The van der Waals surface area contributed by atoms with Crippen LogP contribution in [0.15, 0.2) is 12.1 Å². The van der Waals surface area contributed by atoms with E-state index in [-0.39, 0.29) is 11.9 Å². The molecule has 122 valence electrons. The highest BCUT2D eigenvalue weighted by Crippen LogP contribution is 2.23. The third-order valence-corrected chi connectivity index (χ3v) is 4.52. The molecule has 2 atom stereocenters. The number of piperidine rings is 1. The van der Waals surface area contributed by atoms with Crippen LogP contribution in [0.1, 0.15) is 36.5 Å². The number of hydrogen-bond acceptors (Lipinski definition) is 3. The molecule has 1 aliphatic heterocycles. The number of amides is 1. The van der Waals surface area contributed by atoms with Gasteiger partial charge in [0, 0.05) is 12.6 Å². The molecule has 0 radical (unpaired) electrons. The monoisotopic (exact) mass is 304 g/mol. The van der Waals surface area contributed by atoms with Crippen LogP contribution >= 0.6 is 0 Å². The van der Waals surface area contributed by atoms with Crippen LogP contribution in [-0.2, 0) is 4.79 Å². The summed E-state index contributed by atoms with van der Waals surface area (Å²) in [6.07, 6.45) is 1.51. The van der Waals surface area contributed by atoms with Crippen LogP contribution in [-0.4, -0.2) is 31.6 Å². The van der Waals surface area contributed by atoms with E-state index in [2.05, 4.69) is 44.4 Å². The maximum Gasteiger partial charge on any atom is 0.223 e. The minimum Gasteiger partial charge on any atom is -0.493 e. The van der Waals surface area contributed by atoms with Crippen LogP contribution in [0, 0.1) is 26.7 Å². The Balaban J connectivity index is 1.80. The SMILES string of the molecule is Cc1cc(C)c(C)c(OCCC(=O)NC2CNCCC2C)c1. The van der Waals surface area contributed by atoms with Gasteiger partial charge in [-0.15, -0.1) is 0 Å². The molecule has 0 spiro atoms. The quantitative estimate of drug-likeness (QED) is 0.879. The molecule has 0 saturated carbocycles. The second-order valence-electron chi connectivity index (χ2n) is 6.45. The van der Waals surface area contributed by atoms with Crippen LogP contribution in [0.4, 0.5) is 0 Å². The predicted molar refractivity (Wildman–Crippen MR) is 89.3 cm³/mol. The molecule has 1 fully saturated rings. The van der Waals surface area contributed by atoms with E-state index >= 15 is 0 Å². The van der Waals surface area contributed by atoms with Crippen LogP contribution in [0.2, 0.25) is 0 Å². The topological polar surface area (TPSA) is 50.4 Å². The summed E-state index contributed by atoms with van der Waals surface area (Å²) in [5, 5.41) is 6.44. The third-order valence-electron chi connectivity index (χ3n) is 4.52. The Hall–Kier alpha value is -1.55. The lowest BCUT2D eigenvalue weighted by molar-refractivity contribution is -0.122. The number of ether oxygens (including phenoxy) is 1. The van der Waals surface area contributed by atoms with Crippen LogP contribution < -0.4 is 15.4 Å². The van der Waals surface area contributed by atoms with Crippen molar-refractivity contribution in [2.24, 2.45) is 5.92 Å². The molecule has 1 heterocycles. The Bertz CT molecular complexity index is 528. The van der Waals surface area contributed by atoms with Gasteiger partial charge in [-0.2, -0.15) is 0 Å². The fourth-order valence-electron chi connectivity index (χ4n) is 2.87. The zero-order chi connectivity index (χ0) is 16.1. The summed E-state index contributed by atoms with van der Waals surface area (Å²) < 4.78 is 5.81. The Labute approximate surface area is 133 Å². The maximum absolute atomic E-state index is 12.0. The highest BCUT2D eigenvalue weighted by molar-refractivity contribution is 5.76. The zero-order valence-electron chi connectivity index (χ0n) is 14.2. The minimum absolute atomic E-state index is 0.0718. The van der Waals surface area contributed by atoms with Gasteiger partial charge >= 0.3 is 0 Å². The van der Waals surface area contributed by atoms with Crippen LogP contribution in [0.25, 0.3) is 0 Å². The molecule has 1 amide bonds. The van der Waals surface area contributed by atoms with Gasteiger partial charge < -0.3 is 15.4 Å². The van der Waals surface area contributed by atoms with Gasteiger partial charge in [-0.05, 0) is 62.4 Å². The van der Waals surface area contributed by atoms with E-state index in [1.165, 1.54) is 11.1 Å². The lowest BCUT2D eigenvalue weighted by atomic mass is 9.95. The van der Waals surface area contributed by atoms with Gasteiger partial charge in [-0.1, -0.05) is 13.0 Å². The lowest BCUT2D eigenvalue weighted by Crippen LogP contribution is -2.50. The third kappa shape index (κ3) is 4.47. The predicted octanol–water partition coefficient (Wildman–Crippen LogP) is 2.49. The molecule has 4 nitrogen and oxygen atoms in total. The van der Waals surface area contributed by atoms with Gasteiger partial charge in [0.2, 0.25) is 5.91 Å². The molecule has 1 aliphatic rings. The van der Waals surface area contributed by atoms with Crippen molar-refractivity contribution in [3.8, 4) is 5.75 Å². The summed E-state index contributed by atoms with van der Waals surface area (Å²) in [7, 11) is 0. The largest absolute Gasteiger partial charge is 0.493 e. The molecule has 0 aliphatic carbocycles. The maximum atomic E-state index is 12.0. The fourth-order valence-corrected chi connectivity index (χ4v) is 2.87. The Morgan fingerprint density at radius 2 is 2.14 bits per heavy atom. The van der Waals surface area contributed by atoms with Gasteiger partial charge in [0.15, 0.2) is 0 Å². The summed E-state index contributed by atoms with van der Waals surface area (Å²) >= 11 is 0. The van der Waals surface area contributed by atoms with E-state index in [1.807, 2.05) is 6.07 Å². The molecule has 0 aromatic heterocycles. The number of carbonyl (C=O) groups excluding carboxylic acids is 1. The Morgan fingerprint density at radius 3 is 2.86 bits per heavy atom. The van der Waals surface area contributed by atoms with Gasteiger partial charge in [-0.25, -0.2) is 0 Å². The van der Waals surface area contributed by atoms with Crippen molar-refractivity contribution in [1.29, 1.82) is 0 Å². The highest BCUT2D eigenvalue weighted by atomic mass is 16.5. The molecule has 1 saturated heterocycles. The first kappa shape index (κ1) is 16.8. The summed E-state index contributed by atoms with van der Waals surface area (Å²) in [4.78, 5) is 12.0. The number of nitrogens with one attached hydrogen (secondary N) is 2. The van der Waals surface area contributed by atoms with E-state index in [4.69, 9.17) is 4.74 Å². The Morgan fingerprint density at radius 1 is 1.36 bits per heavy atom. The average molecular weight is 304 g/mol. The van der Waals surface area contributed by atoms with Gasteiger partial charge in [0.1, 0.15) is 5.75 Å². The normalized spacial score (nSPS) is 21.5. The molecule has 2 rings (SSSR count). The first-order valence-corrected chi connectivity index (χ1v) is 8.18. The second kappa shape index (κ2) is 7.63. The van der Waals surface area contributed by atoms with E-state index in [0.717, 1.165) is 30.8 Å². The number of hydrogen-bond donors (Lipinski definition) is 2. The summed E-state index contributed by atoms with van der Waals surface area (Å²) in [5.74, 6) is 1.49. The molecule has 1 aromatic carbocycles. The fraction of sp³-hybridized carbons (Fsp3) is 0.611. The average Bonchev–Trinajstić information content (AvgIpc) is 2.46. The molecule has 0 bridgehead atoms. The molecule has 2 N–H and O–H groups in total. The van der Waals surface area contributed by atoms with Crippen molar-refractivity contribution in [1.82, 2.24) is 10.6 Å². The van der Waals surface area contributed by atoms with Gasteiger partial charge in [0.25, 0.3) is 0 Å². The van der Waals surface area contributed by atoms with Crippen molar-refractivity contribution in [3.63, 3.8) is 0 Å². The first-order chi connectivity index (χ1) is 10.5. The van der Waals surface area contributed by atoms with Crippen molar-refractivity contribution in [2.45, 2.75) is 46.6 Å². The number of carbonyl (C=O) groups is 1. The van der Waals surface area contributed by atoms with E-state index in [0.29, 0.717) is 18.9 Å². The van der Waals surface area contributed by atoms with E-state index < -0.39 is 0 Å². The van der Waals surface area contributed by atoms with Crippen molar-refractivity contribution in [3.05, 3.63) is 28.8 Å². The standard InChI is InChI=1S/C18H28N2O2/c1-12-9-14(3)15(4)17(10-12)22-8-6-18(21)20-16-11-19-7-5-13(16)2/h9-10,13,16,19H,5-8,11H2,1-4H3,(H,20,21). The van der Waals surface area contributed by atoms with Crippen molar-refractivity contribution >= 4 is 5.91 Å². The summed E-state index contributed by atoms with van der Waals surface area (Å²) in [6.45, 7) is 10.7. The number of benzene rings is 1. The highest BCUT2D eigenvalue weighted by Gasteiger charge is 2.22.